The number of ether oxygens (including phenoxy) is 1. The van der Waals surface area contributed by atoms with Crippen LogP contribution in [0, 0.1) is 0 Å². The number of aliphatic hydroxyl groups is 1. The molecule has 3 heteroatoms. The molecular weight excluding hydrogens is 180 g/mol. The van der Waals surface area contributed by atoms with Gasteiger partial charge in [-0.1, -0.05) is 31.2 Å². The van der Waals surface area contributed by atoms with Crippen molar-refractivity contribution in [2.24, 2.45) is 0 Å². The number of rotatable bonds is 1. The van der Waals surface area contributed by atoms with Crippen molar-refractivity contribution in [2.45, 2.75) is 25.6 Å². The van der Waals surface area contributed by atoms with E-state index >= 15 is 0 Å². The highest BCUT2D eigenvalue weighted by Gasteiger charge is 2.42. The molecule has 0 aliphatic carbocycles. The lowest BCUT2D eigenvalue weighted by Crippen LogP contribution is -2.40. The Morgan fingerprint density at radius 1 is 1.50 bits per heavy atom. The second-order valence-electron chi connectivity index (χ2n) is 3.45. The number of carbonyl (C=O) groups excluding carboxylic acids is 1. The molecule has 1 N–H and O–H groups in total. The van der Waals surface area contributed by atoms with Gasteiger partial charge in [-0.25, -0.2) is 4.79 Å². The van der Waals surface area contributed by atoms with Crippen molar-refractivity contribution >= 4 is 5.97 Å². The summed E-state index contributed by atoms with van der Waals surface area (Å²) in [5, 5.41) is 10.1. The fraction of sp³-hybridized carbons (Fsp3) is 0.364. The molecule has 1 aromatic carbocycles. The number of hydrogen-bond acceptors (Lipinski definition) is 3. The van der Waals surface area contributed by atoms with E-state index in [4.69, 9.17) is 4.74 Å². The zero-order chi connectivity index (χ0) is 10.2. The zero-order valence-electron chi connectivity index (χ0n) is 7.99. The highest BCUT2D eigenvalue weighted by molar-refractivity contribution is 5.82. The summed E-state index contributed by atoms with van der Waals surface area (Å²) >= 11 is 0. The number of cyclic esters (lactones) is 1. The summed E-state index contributed by atoms with van der Waals surface area (Å²) in [6.45, 7) is 2.03. The molecule has 1 aromatic rings. The topological polar surface area (TPSA) is 46.5 Å². The second kappa shape index (κ2) is 3.10. The maximum Gasteiger partial charge on any atom is 0.343 e. The van der Waals surface area contributed by atoms with Crippen molar-refractivity contribution in [2.75, 3.05) is 0 Å². The first kappa shape index (κ1) is 9.21. The minimum atomic E-state index is -1.45. The molecule has 1 aliphatic rings. The van der Waals surface area contributed by atoms with Crippen LogP contribution in [0.1, 0.15) is 24.5 Å². The van der Waals surface area contributed by atoms with Gasteiger partial charge in [0.2, 0.25) is 0 Å². The van der Waals surface area contributed by atoms with Crippen molar-refractivity contribution in [1.82, 2.24) is 0 Å². The molecule has 0 fully saturated rings. The molecule has 0 saturated heterocycles. The summed E-state index contributed by atoms with van der Waals surface area (Å²) in [6, 6.07) is 7.33. The van der Waals surface area contributed by atoms with Gasteiger partial charge in [-0.3, -0.25) is 0 Å². The summed E-state index contributed by atoms with van der Waals surface area (Å²) in [5.74, 6) is -0.543. The van der Waals surface area contributed by atoms with E-state index in [9.17, 15) is 9.90 Å². The Bertz CT molecular complexity index is 373. The zero-order valence-corrected chi connectivity index (χ0v) is 7.99. The Morgan fingerprint density at radius 3 is 2.93 bits per heavy atom. The predicted octanol–water partition coefficient (Wildman–Crippen LogP) is 1.34. The highest BCUT2D eigenvalue weighted by atomic mass is 16.6. The first-order valence-corrected chi connectivity index (χ1v) is 4.66. The van der Waals surface area contributed by atoms with Crippen molar-refractivity contribution in [1.29, 1.82) is 0 Å². The quantitative estimate of drug-likeness (QED) is 0.683. The van der Waals surface area contributed by atoms with E-state index in [1.165, 1.54) is 0 Å². The lowest BCUT2D eigenvalue weighted by Gasteiger charge is -2.31. The minimum Gasteiger partial charge on any atom is -0.458 e. The maximum atomic E-state index is 11.4. The van der Waals surface area contributed by atoms with E-state index in [2.05, 4.69) is 0 Å². The van der Waals surface area contributed by atoms with Crippen molar-refractivity contribution in [3.63, 3.8) is 0 Å². The summed E-state index contributed by atoms with van der Waals surface area (Å²) in [5.41, 5.74) is 0.115. The standard InChI is InChI=1S/C11H12O3/c1-2-11(13)9-6-4-3-5-8(9)7-14-10(11)12/h3-6,13H,2,7H2,1H3/t11-/m0/s1. The van der Waals surface area contributed by atoms with Gasteiger partial charge < -0.3 is 9.84 Å². The van der Waals surface area contributed by atoms with Gasteiger partial charge in [0.25, 0.3) is 0 Å². The predicted molar refractivity (Wildman–Crippen MR) is 50.4 cm³/mol. The molecular formula is C11H12O3. The van der Waals surface area contributed by atoms with E-state index in [1.54, 1.807) is 13.0 Å². The summed E-state index contributed by atoms with van der Waals surface area (Å²) < 4.78 is 4.92. The fourth-order valence-corrected chi connectivity index (χ4v) is 1.76. The number of esters is 1. The summed E-state index contributed by atoms with van der Waals surface area (Å²) in [7, 11) is 0. The molecule has 14 heavy (non-hydrogen) atoms. The molecule has 1 aliphatic heterocycles. The molecule has 0 unspecified atom stereocenters. The largest absolute Gasteiger partial charge is 0.458 e. The molecule has 0 bridgehead atoms. The van der Waals surface area contributed by atoms with Gasteiger partial charge in [0.15, 0.2) is 5.60 Å². The number of fused-ring (bicyclic) bond motifs is 1. The van der Waals surface area contributed by atoms with Crippen LogP contribution >= 0.6 is 0 Å². The number of hydrogen-bond donors (Lipinski definition) is 1. The Kier molecular flexibility index (Phi) is 2.04. The molecule has 74 valence electrons. The van der Waals surface area contributed by atoms with Gasteiger partial charge in [0, 0.05) is 5.56 Å². The molecule has 3 nitrogen and oxygen atoms in total. The second-order valence-corrected chi connectivity index (χ2v) is 3.45. The van der Waals surface area contributed by atoms with E-state index < -0.39 is 11.6 Å². The molecule has 0 aromatic heterocycles. The average Bonchev–Trinajstić information content (AvgIpc) is 2.24. The van der Waals surface area contributed by atoms with E-state index in [0.717, 1.165) is 5.56 Å². The van der Waals surface area contributed by atoms with Crippen molar-refractivity contribution in [3.8, 4) is 0 Å². The molecule has 2 rings (SSSR count). The number of carbonyl (C=O) groups is 1. The monoisotopic (exact) mass is 192 g/mol. The van der Waals surface area contributed by atoms with E-state index in [1.807, 2.05) is 18.2 Å². The van der Waals surface area contributed by atoms with Crippen LogP contribution in [-0.4, -0.2) is 11.1 Å². The lowest BCUT2D eigenvalue weighted by atomic mass is 9.86. The van der Waals surface area contributed by atoms with Gasteiger partial charge in [-0.05, 0) is 12.0 Å². The third kappa shape index (κ3) is 1.13. The van der Waals surface area contributed by atoms with Gasteiger partial charge in [-0.15, -0.1) is 0 Å². The number of benzene rings is 1. The van der Waals surface area contributed by atoms with Crippen molar-refractivity contribution in [3.05, 3.63) is 35.4 Å². The summed E-state index contributed by atoms with van der Waals surface area (Å²) in [4.78, 5) is 11.4. The summed E-state index contributed by atoms with van der Waals surface area (Å²) in [6.07, 6.45) is 0.336. The van der Waals surface area contributed by atoms with Crippen LogP contribution in [0.2, 0.25) is 0 Å². The van der Waals surface area contributed by atoms with Gasteiger partial charge >= 0.3 is 5.97 Å². The normalized spacial score (nSPS) is 25.4. The van der Waals surface area contributed by atoms with E-state index in [0.29, 0.717) is 12.0 Å². The molecule has 0 amide bonds. The van der Waals surface area contributed by atoms with Crippen molar-refractivity contribution < 1.29 is 14.6 Å². The van der Waals surface area contributed by atoms with Crippen LogP contribution in [0.25, 0.3) is 0 Å². The maximum absolute atomic E-state index is 11.4. The average molecular weight is 192 g/mol. The molecule has 0 radical (unpaired) electrons. The third-order valence-corrected chi connectivity index (χ3v) is 2.67. The Morgan fingerprint density at radius 2 is 2.21 bits per heavy atom. The van der Waals surface area contributed by atoms with Crippen LogP contribution in [0.4, 0.5) is 0 Å². The van der Waals surface area contributed by atoms with Crippen LogP contribution < -0.4 is 0 Å². The molecule has 1 heterocycles. The molecule has 0 saturated carbocycles. The molecule has 1 atom stereocenters. The van der Waals surface area contributed by atoms with Crippen LogP contribution in [0.3, 0.4) is 0 Å². The third-order valence-electron chi connectivity index (χ3n) is 2.67. The van der Waals surface area contributed by atoms with Crippen LogP contribution in [0.15, 0.2) is 24.3 Å². The van der Waals surface area contributed by atoms with E-state index in [-0.39, 0.29) is 6.61 Å². The SMILES string of the molecule is CC[C@@]1(O)C(=O)OCc2ccccc21. The molecule has 0 spiro atoms. The fourth-order valence-electron chi connectivity index (χ4n) is 1.76. The van der Waals surface area contributed by atoms with Crippen LogP contribution in [-0.2, 0) is 21.7 Å². The Hall–Kier alpha value is -1.35. The first-order valence-electron chi connectivity index (χ1n) is 4.66. The van der Waals surface area contributed by atoms with Gasteiger partial charge in [0.05, 0.1) is 0 Å². The Balaban J connectivity index is 2.57. The Labute approximate surface area is 82.3 Å². The lowest BCUT2D eigenvalue weighted by molar-refractivity contribution is -0.172. The minimum absolute atomic E-state index is 0.261. The van der Waals surface area contributed by atoms with Gasteiger partial charge in [0.1, 0.15) is 6.61 Å². The smallest absolute Gasteiger partial charge is 0.343 e. The first-order chi connectivity index (χ1) is 6.68. The van der Waals surface area contributed by atoms with Gasteiger partial charge in [-0.2, -0.15) is 0 Å². The van der Waals surface area contributed by atoms with Crippen LogP contribution in [0.5, 0.6) is 0 Å². The highest BCUT2D eigenvalue weighted by Crippen LogP contribution is 2.33.